The summed E-state index contributed by atoms with van der Waals surface area (Å²) >= 11 is 0. The Morgan fingerprint density at radius 1 is 1.59 bits per heavy atom. The molecule has 1 aliphatic heterocycles. The fourth-order valence-corrected chi connectivity index (χ4v) is 2.34. The Bertz CT molecular complexity index is 514. The van der Waals surface area contributed by atoms with Gasteiger partial charge >= 0.3 is 6.09 Å². The molecule has 1 heterocycles. The van der Waals surface area contributed by atoms with Crippen LogP contribution in [-0.2, 0) is 29.1 Å². The molecule has 1 amide bonds. The van der Waals surface area contributed by atoms with Crippen LogP contribution >= 0.6 is 0 Å². The van der Waals surface area contributed by atoms with Gasteiger partial charge in [-0.1, -0.05) is 0 Å². The van der Waals surface area contributed by atoms with Crippen LogP contribution in [0.25, 0.3) is 0 Å². The first-order chi connectivity index (χ1) is 7.53. The van der Waals surface area contributed by atoms with Crippen molar-refractivity contribution in [1.82, 2.24) is 4.41 Å². The molecule has 12 heteroatoms. The number of rotatable bonds is 2. The molecule has 17 heavy (non-hydrogen) atoms. The number of hydrogen-bond acceptors (Lipinski definition) is 8. The van der Waals surface area contributed by atoms with Crippen molar-refractivity contribution in [3.63, 3.8) is 0 Å². The molecular weight excluding hydrogens is 283 g/mol. The van der Waals surface area contributed by atoms with Gasteiger partial charge in [-0.2, -0.15) is 8.42 Å². The van der Waals surface area contributed by atoms with Gasteiger partial charge < -0.3 is 4.74 Å². The van der Waals surface area contributed by atoms with Crippen LogP contribution in [0.15, 0.2) is 0 Å². The van der Waals surface area contributed by atoms with Crippen LogP contribution in [-0.4, -0.2) is 51.8 Å². The van der Waals surface area contributed by atoms with Crippen LogP contribution in [0.2, 0.25) is 0 Å². The van der Waals surface area contributed by atoms with Crippen molar-refractivity contribution in [2.45, 2.75) is 12.5 Å². The molecule has 0 spiro atoms. The quantitative estimate of drug-likeness (QED) is 0.275. The van der Waals surface area contributed by atoms with E-state index < -0.39 is 44.4 Å². The maximum Gasteiger partial charge on any atom is 0.439 e. The average Bonchev–Trinajstić information content (AvgIpc) is 2.36. The molecule has 1 fully saturated rings. The Morgan fingerprint density at radius 2 is 2.12 bits per heavy atom. The minimum atomic E-state index is -4.11. The van der Waals surface area contributed by atoms with Crippen molar-refractivity contribution in [2.75, 3.05) is 12.0 Å². The first-order valence-electron chi connectivity index (χ1n) is 4.03. The number of hydrogen-bond donors (Lipinski definition) is 1. The largest absolute Gasteiger partial charge is 0.439 e. The van der Waals surface area contributed by atoms with E-state index in [1.54, 1.807) is 0 Å². The van der Waals surface area contributed by atoms with E-state index in [1.807, 2.05) is 0 Å². The summed E-state index contributed by atoms with van der Waals surface area (Å²) in [5.74, 6) is 3.94. The van der Waals surface area contributed by atoms with Gasteiger partial charge in [0, 0.05) is 0 Å². The molecule has 0 radical (unpaired) electrons. The van der Waals surface area contributed by atoms with Crippen LogP contribution in [0, 0.1) is 0 Å². The number of hydrazine groups is 1. The number of nitrogens with zero attached hydrogens (tertiary/aromatic N) is 1. The first kappa shape index (κ1) is 14.1. The summed E-state index contributed by atoms with van der Waals surface area (Å²) in [4.78, 5) is 11.1. The van der Waals surface area contributed by atoms with Gasteiger partial charge in [0.25, 0.3) is 26.5 Å². The molecule has 2 N–H and O–H groups in total. The van der Waals surface area contributed by atoms with Crippen molar-refractivity contribution in [2.24, 2.45) is 5.84 Å². The lowest BCUT2D eigenvalue weighted by Gasteiger charge is -2.16. The molecule has 1 rings (SSSR count). The fraction of sp³-hybridized carbons (Fsp3) is 0.800. The molecule has 1 saturated heterocycles. The zero-order valence-corrected chi connectivity index (χ0v) is 10.1. The average molecular weight is 292 g/mol. The second-order valence-corrected chi connectivity index (χ2v) is 6.65. The summed E-state index contributed by atoms with van der Waals surface area (Å²) in [6.07, 6.45) is -5.11. The smallest absolute Gasteiger partial charge is 0.437 e. The summed E-state index contributed by atoms with van der Waals surface area (Å²) in [5, 5.41) is 0. The number of nitrogens with two attached hydrogens (primary N) is 1. The van der Waals surface area contributed by atoms with Crippen LogP contribution in [0.4, 0.5) is 9.18 Å². The molecule has 9 nitrogen and oxygen atoms in total. The molecule has 2 unspecified atom stereocenters. The highest BCUT2D eigenvalue weighted by Crippen LogP contribution is 2.21. The molecular formula is C5H9FN2O7S2. The monoisotopic (exact) mass is 292 g/mol. The predicted octanol–water partition coefficient (Wildman–Crippen LogP) is -1.72. The zero-order chi connectivity index (χ0) is 13.4. The highest BCUT2D eigenvalue weighted by Gasteiger charge is 2.43. The summed E-state index contributed by atoms with van der Waals surface area (Å²) in [6, 6.07) is 0. The molecule has 0 aromatic carbocycles. The van der Waals surface area contributed by atoms with Crippen molar-refractivity contribution < 1.29 is 34.9 Å². The molecule has 100 valence electrons. The number of sulfonamides is 1. The highest BCUT2D eigenvalue weighted by molar-refractivity contribution is 7.88. The molecule has 2 atom stereocenters. The number of carbonyl (C=O) groups is 1. The normalized spacial score (nSPS) is 27.7. The van der Waals surface area contributed by atoms with Crippen LogP contribution in [0.1, 0.15) is 0 Å². The van der Waals surface area contributed by atoms with Gasteiger partial charge in [0.1, 0.15) is 5.75 Å². The van der Waals surface area contributed by atoms with E-state index in [9.17, 15) is 26.0 Å². The Kier molecular flexibility index (Phi) is 3.61. The standard InChI is InChI=1S/C5H9FN2O7S2/c1-16(10,11)8(7)5(9)14-3-2-17(12,13)15-4(3)6/h3-4H,2,7H2,1H3. The zero-order valence-electron chi connectivity index (χ0n) is 8.44. The molecule has 0 bridgehead atoms. The SMILES string of the molecule is CS(=O)(=O)N(N)C(=O)OC1CS(=O)(=O)OC1F. The first-order valence-corrected chi connectivity index (χ1v) is 7.46. The number of amides is 1. The lowest BCUT2D eigenvalue weighted by Crippen LogP contribution is -2.44. The molecule has 0 aromatic rings. The van der Waals surface area contributed by atoms with E-state index in [2.05, 4.69) is 8.92 Å². The Morgan fingerprint density at radius 3 is 2.47 bits per heavy atom. The minimum Gasteiger partial charge on any atom is -0.437 e. The second-order valence-electron chi connectivity index (χ2n) is 3.15. The number of carbonyl (C=O) groups excluding carboxylic acids is 1. The molecule has 0 aliphatic carbocycles. The summed E-state index contributed by atoms with van der Waals surface area (Å²) < 4.78 is 63.9. The number of ether oxygens (including phenoxy) is 1. The lowest BCUT2D eigenvalue weighted by atomic mass is 10.4. The Hall–Kier alpha value is -0.980. The second kappa shape index (κ2) is 4.36. The predicted molar refractivity (Wildman–Crippen MR) is 50.9 cm³/mol. The van der Waals surface area contributed by atoms with Crippen molar-refractivity contribution in [1.29, 1.82) is 0 Å². The van der Waals surface area contributed by atoms with Crippen molar-refractivity contribution in [3.8, 4) is 0 Å². The summed E-state index contributed by atoms with van der Waals surface area (Å²) in [5.41, 5.74) is 0. The van der Waals surface area contributed by atoms with Crippen LogP contribution in [0.3, 0.4) is 0 Å². The summed E-state index contributed by atoms with van der Waals surface area (Å²) in [7, 11) is -8.18. The highest BCUT2D eigenvalue weighted by atomic mass is 32.2. The number of alkyl halides is 1. The van der Waals surface area contributed by atoms with E-state index in [0.29, 0.717) is 6.26 Å². The molecule has 0 aromatic heterocycles. The van der Waals surface area contributed by atoms with Gasteiger partial charge in [-0.15, -0.1) is 4.41 Å². The minimum absolute atomic E-state index is 0.273. The van der Waals surface area contributed by atoms with E-state index in [-0.39, 0.29) is 4.41 Å². The summed E-state index contributed by atoms with van der Waals surface area (Å²) in [6.45, 7) is 0. The van der Waals surface area contributed by atoms with E-state index in [0.717, 1.165) is 0 Å². The third kappa shape index (κ3) is 3.49. The van der Waals surface area contributed by atoms with Crippen molar-refractivity contribution in [3.05, 3.63) is 0 Å². The fourth-order valence-electron chi connectivity index (χ4n) is 0.922. The van der Waals surface area contributed by atoms with Crippen molar-refractivity contribution >= 4 is 26.2 Å². The van der Waals surface area contributed by atoms with E-state index in [1.165, 1.54) is 0 Å². The van der Waals surface area contributed by atoms with Gasteiger partial charge in [0.15, 0.2) is 6.10 Å². The number of halogens is 1. The molecule has 1 aliphatic rings. The topological polar surface area (TPSA) is 133 Å². The third-order valence-electron chi connectivity index (χ3n) is 1.69. The Labute approximate surface area is 96.4 Å². The maximum absolute atomic E-state index is 12.9. The van der Waals surface area contributed by atoms with Crippen LogP contribution < -0.4 is 5.84 Å². The van der Waals surface area contributed by atoms with Gasteiger partial charge in [-0.3, -0.25) is 0 Å². The van der Waals surface area contributed by atoms with E-state index >= 15 is 0 Å². The maximum atomic E-state index is 12.9. The Balaban J connectivity index is 2.72. The third-order valence-corrected chi connectivity index (χ3v) is 3.77. The van der Waals surface area contributed by atoms with E-state index in [4.69, 9.17) is 5.84 Å². The van der Waals surface area contributed by atoms with Gasteiger partial charge in [-0.25, -0.2) is 27.6 Å². The van der Waals surface area contributed by atoms with Gasteiger partial charge in [0.05, 0.1) is 6.26 Å². The van der Waals surface area contributed by atoms with Gasteiger partial charge in [-0.05, 0) is 0 Å². The lowest BCUT2D eigenvalue weighted by molar-refractivity contribution is -0.0235. The van der Waals surface area contributed by atoms with Crippen LogP contribution in [0.5, 0.6) is 0 Å². The molecule has 0 saturated carbocycles. The van der Waals surface area contributed by atoms with Gasteiger partial charge in [0.2, 0.25) is 0 Å².